The van der Waals surface area contributed by atoms with Gasteiger partial charge in [0.15, 0.2) is 0 Å². The van der Waals surface area contributed by atoms with E-state index in [1.165, 1.54) is 0 Å². The summed E-state index contributed by atoms with van der Waals surface area (Å²) >= 11 is 3.33. The smallest absolute Gasteiger partial charge is 0.243 e. The number of hydrogen-bond donors (Lipinski definition) is 1. The van der Waals surface area contributed by atoms with Gasteiger partial charge in [0.1, 0.15) is 0 Å². The molecule has 1 aromatic carbocycles. The van der Waals surface area contributed by atoms with Gasteiger partial charge in [0.2, 0.25) is 10.0 Å². The van der Waals surface area contributed by atoms with E-state index in [-0.39, 0.29) is 5.41 Å². The molecular formula is C13H17BrN2O2S. The van der Waals surface area contributed by atoms with Gasteiger partial charge < -0.3 is 5.32 Å². The summed E-state index contributed by atoms with van der Waals surface area (Å²) in [5, 5.41) is 3.35. The van der Waals surface area contributed by atoms with Crippen LogP contribution in [0.5, 0.6) is 0 Å². The average molecular weight is 345 g/mol. The molecule has 2 heterocycles. The van der Waals surface area contributed by atoms with Crippen LogP contribution in [0.3, 0.4) is 0 Å². The summed E-state index contributed by atoms with van der Waals surface area (Å²) in [6.07, 6.45) is 2.05. The second kappa shape index (κ2) is 4.84. The van der Waals surface area contributed by atoms with Crippen LogP contribution in [0.2, 0.25) is 0 Å². The Kier molecular flexibility index (Phi) is 3.45. The van der Waals surface area contributed by atoms with Crippen LogP contribution in [-0.4, -0.2) is 38.9 Å². The average Bonchev–Trinajstić information content (AvgIpc) is 3.01. The maximum Gasteiger partial charge on any atom is 0.243 e. The Morgan fingerprint density at radius 3 is 2.84 bits per heavy atom. The molecular weight excluding hydrogens is 328 g/mol. The third kappa shape index (κ3) is 2.46. The standard InChI is InChI=1S/C13H17BrN2O2S/c14-11-2-1-3-12(8-11)19(17,18)16-7-5-13(10-16)4-6-15-9-13/h1-3,8,15H,4-7,9-10H2. The lowest BCUT2D eigenvalue weighted by molar-refractivity contribution is 0.338. The van der Waals surface area contributed by atoms with Crippen molar-refractivity contribution in [3.63, 3.8) is 0 Å². The minimum Gasteiger partial charge on any atom is -0.316 e. The Labute approximate surface area is 122 Å². The highest BCUT2D eigenvalue weighted by Gasteiger charge is 2.44. The first-order chi connectivity index (χ1) is 9.02. The molecule has 3 rings (SSSR count). The van der Waals surface area contributed by atoms with Crippen LogP contribution >= 0.6 is 15.9 Å². The van der Waals surface area contributed by atoms with E-state index in [4.69, 9.17) is 0 Å². The Balaban J connectivity index is 1.86. The third-order valence-electron chi connectivity index (χ3n) is 4.17. The second-order valence-electron chi connectivity index (χ2n) is 5.47. The maximum absolute atomic E-state index is 12.6. The minimum atomic E-state index is -3.35. The van der Waals surface area contributed by atoms with Crippen LogP contribution in [0, 0.1) is 5.41 Å². The quantitative estimate of drug-likeness (QED) is 0.890. The number of benzene rings is 1. The molecule has 2 fully saturated rings. The molecule has 19 heavy (non-hydrogen) atoms. The van der Waals surface area contributed by atoms with Gasteiger partial charge >= 0.3 is 0 Å². The summed E-state index contributed by atoms with van der Waals surface area (Å²) in [5.41, 5.74) is 0.166. The zero-order valence-corrected chi connectivity index (χ0v) is 13.0. The fourth-order valence-electron chi connectivity index (χ4n) is 3.02. The van der Waals surface area contributed by atoms with Crippen LogP contribution in [-0.2, 0) is 10.0 Å². The molecule has 0 aromatic heterocycles. The Hall–Kier alpha value is -0.430. The SMILES string of the molecule is O=S(=O)(c1cccc(Br)c1)N1CCC2(CCNC2)C1. The Morgan fingerprint density at radius 2 is 2.16 bits per heavy atom. The summed E-state index contributed by atoms with van der Waals surface area (Å²) in [7, 11) is -3.35. The van der Waals surface area contributed by atoms with Crippen LogP contribution < -0.4 is 5.32 Å². The van der Waals surface area contributed by atoms with E-state index in [1.807, 2.05) is 6.07 Å². The van der Waals surface area contributed by atoms with Gasteiger partial charge in [0, 0.05) is 24.1 Å². The predicted octanol–water partition coefficient (Wildman–Crippen LogP) is 1.82. The number of nitrogens with one attached hydrogen (secondary N) is 1. The molecule has 2 saturated heterocycles. The zero-order chi connectivity index (χ0) is 13.5. The molecule has 4 nitrogen and oxygen atoms in total. The van der Waals surface area contributed by atoms with Crippen molar-refractivity contribution >= 4 is 26.0 Å². The van der Waals surface area contributed by atoms with E-state index >= 15 is 0 Å². The van der Waals surface area contributed by atoms with Crippen molar-refractivity contribution in [1.82, 2.24) is 9.62 Å². The highest BCUT2D eigenvalue weighted by Crippen LogP contribution is 2.38. The molecule has 2 aliphatic heterocycles. The van der Waals surface area contributed by atoms with Crippen LogP contribution in [0.1, 0.15) is 12.8 Å². The van der Waals surface area contributed by atoms with Crippen LogP contribution in [0.4, 0.5) is 0 Å². The van der Waals surface area contributed by atoms with Gasteiger partial charge in [0.05, 0.1) is 4.90 Å². The lowest BCUT2D eigenvalue weighted by Crippen LogP contribution is -2.33. The number of nitrogens with zero attached hydrogens (tertiary/aromatic N) is 1. The fraction of sp³-hybridized carbons (Fsp3) is 0.538. The number of hydrogen-bond acceptors (Lipinski definition) is 3. The fourth-order valence-corrected chi connectivity index (χ4v) is 5.17. The predicted molar refractivity (Wildman–Crippen MR) is 77.4 cm³/mol. The minimum absolute atomic E-state index is 0.166. The highest BCUT2D eigenvalue weighted by atomic mass is 79.9. The van der Waals surface area contributed by atoms with E-state index < -0.39 is 10.0 Å². The van der Waals surface area contributed by atoms with E-state index in [0.717, 1.165) is 30.4 Å². The number of sulfonamides is 1. The van der Waals surface area contributed by atoms with Gasteiger partial charge in [0.25, 0.3) is 0 Å². The van der Waals surface area contributed by atoms with E-state index in [0.29, 0.717) is 18.0 Å². The molecule has 0 radical (unpaired) electrons. The second-order valence-corrected chi connectivity index (χ2v) is 8.33. The van der Waals surface area contributed by atoms with E-state index in [2.05, 4.69) is 21.2 Å². The Morgan fingerprint density at radius 1 is 1.32 bits per heavy atom. The van der Waals surface area contributed by atoms with Gasteiger partial charge in [-0.2, -0.15) is 4.31 Å². The van der Waals surface area contributed by atoms with E-state index in [1.54, 1.807) is 22.5 Å². The zero-order valence-electron chi connectivity index (χ0n) is 10.6. The molecule has 1 atom stereocenters. The molecule has 0 amide bonds. The summed E-state index contributed by atoms with van der Waals surface area (Å²) in [5.74, 6) is 0. The normalized spacial score (nSPS) is 28.3. The third-order valence-corrected chi connectivity index (χ3v) is 6.50. The summed E-state index contributed by atoms with van der Waals surface area (Å²) in [6, 6.07) is 6.94. The number of halogens is 1. The molecule has 1 aromatic rings. The van der Waals surface area contributed by atoms with Crippen LogP contribution in [0.15, 0.2) is 33.6 Å². The van der Waals surface area contributed by atoms with Crippen LogP contribution in [0.25, 0.3) is 0 Å². The number of rotatable bonds is 2. The van der Waals surface area contributed by atoms with Gasteiger partial charge in [-0.3, -0.25) is 0 Å². The molecule has 104 valence electrons. The van der Waals surface area contributed by atoms with E-state index in [9.17, 15) is 8.42 Å². The summed E-state index contributed by atoms with van der Waals surface area (Å²) < 4.78 is 27.7. The van der Waals surface area contributed by atoms with Crippen molar-refractivity contribution in [3.8, 4) is 0 Å². The van der Waals surface area contributed by atoms with Gasteiger partial charge in [-0.15, -0.1) is 0 Å². The highest BCUT2D eigenvalue weighted by molar-refractivity contribution is 9.10. The van der Waals surface area contributed by atoms with Crippen molar-refractivity contribution in [2.75, 3.05) is 26.2 Å². The first kappa shape index (κ1) is 13.5. The van der Waals surface area contributed by atoms with Crippen molar-refractivity contribution in [2.24, 2.45) is 5.41 Å². The molecule has 6 heteroatoms. The van der Waals surface area contributed by atoms with Crippen molar-refractivity contribution in [2.45, 2.75) is 17.7 Å². The molecule has 2 aliphatic rings. The molecule has 0 aliphatic carbocycles. The Bertz CT molecular complexity index is 582. The first-order valence-corrected chi connectivity index (χ1v) is 8.72. The topological polar surface area (TPSA) is 49.4 Å². The lowest BCUT2D eigenvalue weighted by Gasteiger charge is -2.22. The maximum atomic E-state index is 12.6. The van der Waals surface area contributed by atoms with Gasteiger partial charge in [-0.25, -0.2) is 8.42 Å². The van der Waals surface area contributed by atoms with Crippen molar-refractivity contribution in [3.05, 3.63) is 28.7 Å². The molecule has 1 unspecified atom stereocenters. The van der Waals surface area contributed by atoms with Gasteiger partial charge in [-0.1, -0.05) is 22.0 Å². The van der Waals surface area contributed by atoms with Crippen molar-refractivity contribution < 1.29 is 8.42 Å². The molecule has 1 spiro atoms. The monoisotopic (exact) mass is 344 g/mol. The molecule has 0 saturated carbocycles. The summed E-state index contributed by atoms with van der Waals surface area (Å²) in [4.78, 5) is 0.380. The largest absolute Gasteiger partial charge is 0.316 e. The van der Waals surface area contributed by atoms with Gasteiger partial charge in [-0.05, 0) is 43.0 Å². The van der Waals surface area contributed by atoms with Crippen molar-refractivity contribution in [1.29, 1.82) is 0 Å². The summed E-state index contributed by atoms with van der Waals surface area (Å²) in [6.45, 7) is 3.23. The molecule has 0 bridgehead atoms. The lowest BCUT2D eigenvalue weighted by atomic mass is 9.87. The first-order valence-electron chi connectivity index (χ1n) is 6.48. The molecule has 1 N–H and O–H groups in total.